The predicted molar refractivity (Wildman–Crippen MR) is 53.7 cm³/mol. The molecule has 4 heteroatoms. The van der Waals surface area contributed by atoms with Crippen molar-refractivity contribution in [3.05, 3.63) is 29.1 Å². The average molecular weight is 246 g/mol. The lowest BCUT2D eigenvalue weighted by atomic mass is 10.1. The SMILES string of the molecule is Cc1ccc(N)c(C(=O)CBr)c1F. The normalized spacial score (nSPS) is 10.1. The summed E-state index contributed by atoms with van der Waals surface area (Å²) >= 11 is 2.97. The highest BCUT2D eigenvalue weighted by Crippen LogP contribution is 2.20. The lowest BCUT2D eigenvalue weighted by Crippen LogP contribution is -2.08. The monoisotopic (exact) mass is 245 g/mol. The van der Waals surface area contributed by atoms with E-state index in [-0.39, 0.29) is 22.4 Å². The molecule has 0 spiro atoms. The number of hydrogen-bond donors (Lipinski definition) is 1. The average Bonchev–Trinajstić information content (AvgIpc) is 2.12. The predicted octanol–water partition coefficient (Wildman–Crippen LogP) is 2.29. The fourth-order valence-electron chi connectivity index (χ4n) is 1.05. The van der Waals surface area contributed by atoms with Crippen LogP contribution >= 0.6 is 15.9 Å². The summed E-state index contributed by atoms with van der Waals surface area (Å²) in [5.74, 6) is -0.858. The van der Waals surface area contributed by atoms with Crippen molar-refractivity contribution in [3.63, 3.8) is 0 Å². The van der Waals surface area contributed by atoms with Gasteiger partial charge in [-0.05, 0) is 18.6 Å². The molecule has 0 aliphatic rings. The summed E-state index contributed by atoms with van der Waals surface area (Å²) in [6.45, 7) is 1.60. The van der Waals surface area contributed by atoms with E-state index >= 15 is 0 Å². The van der Waals surface area contributed by atoms with Crippen LogP contribution in [0.15, 0.2) is 12.1 Å². The van der Waals surface area contributed by atoms with Gasteiger partial charge in [-0.15, -0.1) is 0 Å². The second-order valence-corrected chi connectivity index (χ2v) is 3.28. The zero-order valence-electron chi connectivity index (χ0n) is 7.10. The highest BCUT2D eigenvalue weighted by Gasteiger charge is 2.15. The summed E-state index contributed by atoms with van der Waals surface area (Å²) in [5, 5.41) is 0.0809. The minimum Gasteiger partial charge on any atom is -0.398 e. The second-order valence-electron chi connectivity index (χ2n) is 2.72. The van der Waals surface area contributed by atoms with Crippen molar-refractivity contribution in [3.8, 4) is 0 Å². The van der Waals surface area contributed by atoms with Gasteiger partial charge in [0.05, 0.1) is 10.9 Å². The van der Waals surface area contributed by atoms with Crippen molar-refractivity contribution in [1.82, 2.24) is 0 Å². The lowest BCUT2D eigenvalue weighted by Gasteiger charge is -2.06. The molecule has 2 nitrogen and oxygen atoms in total. The number of nitrogens with two attached hydrogens (primary N) is 1. The minimum atomic E-state index is -0.524. The number of nitrogen functional groups attached to an aromatic ring is 1. The van der Waals surface area contributed by atoms with Crippen LogP contribution in [0.5, 0.6) is 0 Å². The van der Waals surface area contributed by atoms with E-state index in [4.69, 9.17) is 5.73 Å². The molecule has 2 N–H and O–H groups in total. The molecule has 0 atom stereocenters. The first-order chi connectivity index (χ1) is 6.07. The Hall–Kier alpha value is -0.900. The van der Waals surface area contributed by atoms with Crippen molar-refractivity contribution in [2.75, 3.05) is 11.1 Å². The number of carbonyl (C=O) groups excluding carboxylic acids is 1. The number of anilines is 1. The van der Waals surface area contributed by atoms with Crippen LogP contribution in [0, 0.1) is 12.7 Å². The molecule has 70 valence electrons. The first-order valence-electron chi connectivity index (χ1n) is 3.71. The summed E-state index contributed by atoms with van der Waals surface area (Å²) in [7, 11) is 0. The summed E-state index contributed by atoms with van der Waals surface area (Å²) < 4.78 is 13.4. The number of carbonyl (C=O) groups is 1. The molecule has 0 heterocycles. The van der Waals surface area contributed by atoms with E-state index in [0.29, 0.717) is 5.56 Å². The second kappa shape index (κ2) is 3.87. The quantitative estimate of drug-likeness (QED) is 0.494. The van der Waals surface area contributed by atoms with E-state index in [1.165, 1.54) is 6.07 Å². The number of ketones is 1. The summed E-state index contributed by atoms with van der Waals surface area (Å²) in [5.41, 5.74) is 6.09. The van der Waals surface area contributed by atoms with Gasteiger partial charge in [-0.25, -0.2) is 4.39 Å². The largest absolute Gasteiger partial charge is 0.398 e. The van der Waals surface area contributed by atoms with Gasteiger partial charge in [0, 0.05) is 5.69 Å². The molecule has 0 saturated carbocycles. The van der Waals surface area contributed by atoms with E-state index in [1.807, 2.05) is 0 Å². The third-order valence-electron chi connectivity index (χ3n) is 1.77. The fraction of sp³-hybridized carbons (Fsp3) is 0.222. The molecule has 13 heavy (non-hydrogen) atoms. The number of aryl methyl sites for hydroxylation is 1. The lowest BCUT2D eigenvalue weighted by molar-refractivity contribution is 0.102. The van der Waals surface area contributed by atoms with E-state index in [0.717, 1.165) is 0 Å². The van der Waals surface area contributed by atoms with Crippen LogP contribution in [0.25, 0.3) is 0 Å². The Balaban J connectivity index is 3.33. The zero-order chi connectivity index (χ0) is 10.0. The Morgan fingerprint density at radius 3 is 2.77 bits per heavy atom. The number of alkyl halides is 1. The van der Waals surface area contributed by atoms with Crippen LogP contribution in [0.1, 0.15) is 15.9 Å². The molecule has 0 saturated heterocycles. The van der Waals surface area contributed by atoms with Crippen molar-refractivity contribution in [1.29, 1.82) is 0 Å². The maximum Gasteiger partial charge on any atom is 0.178 e. The molecule has 0 aliphatic heterocycles. The van der Waals surface area contributed by atoms with Crippen LogP contribution in [0.4, 0.5) is 10.1 Å². The van der Waals surface area contributed by atoms with Gasteiger partial charge >= 0.3 is 0 Å². The Kier molecular flexibility index (Phi) is 3.03. The van der Waals surface area contributed by atoms with Crippen molar-refractivity contribution in [2.24, 2.45) is 0 Å². The number of Topliss-reactive ketones (excluding diaryl/α,β-unsaturated/α-hetero) is 1. The fourth-order valence-corrected chi connectivity index (χ4v) is 1.33. The molecule has 0 fully saturated rings. The molecule has 0 radical (unpaired) electrons. The zero-order valence-corrected chi connectivity index (χ0v) is 8.69. The van der Waals surface area contributed by atoms with Crippen LogP contribution in [0.3, 0.4) is 0 Å². The Morgan fingerprint density at radius 2 is 2.23 bits per heavy atom. The van der Waals surface area contributed by atoms with E-state index in [9.17, 15) is 9.18 Å². The van der Waals surface area contributed by atoms with Crippen LogP contribution in [-0.4, -0.2) is 11.1 Å². The Bertz CT molecular complexity index is 352. The van der Waals surface area contributed by atoms with Gasteiger partial charge in [0.25, 0.3) is 0 Å². The first kappa shape index (κ1) is 10.2. The maximum absolute atomic E-state index is 13.4. The Morgan fingerprint density at radius 1 is 1.62 bits per heavy atom. The molecule has 1 rings (SSSR count). The number of hydrogen-bond acceptors (Lipinski definition) is 2. The molecule has 0 unspecified atom stereocenters. The van der Waals surface area contributed by atoms with Gasteiger partial charge in [-0.2, -0.15) is 0 Å². The van der Waals surface area contributed by atoms with Crippen LogP contribution in [0.2, 0.25) is 0 Å². The van der Waals surface area contributed by atoms with Gasteiger partial charge in [0.15, 0.2) is 5.78 Å². The molecule has 0 amide bonds. The van der Waals surface area contributed by atoms with Gasteiger partial charge < -0.3 is 5.73 Å². The molecular weight excluding hydrogens is 237 g/mol. The first-order valence-corrected chi connectivity index (χ1v) is 4.83. The van der Waals surface area contributed by atoms with E-state index in [2.05, 4.69) is 15.9 Å². The van der Waals surface area contributed by atoms with Crippen LogP contribution in [-0.2, 0) is 0 Å². The molecule has 1 aromatic rings. The van der Waals surface area contributed by atoms with Gasteiger partial charge in [-0.3, -0.25) is 4.79 Å². The van der Waals surface area contributed by atoms with E-state index in [1.54, 1.807) is 13.0 Å². The number of halogens is 2. The van der Waals surface area contributed by atoms with Crippen LogP contribution < -0.4 is 5.73 Å². The molecular formula is C9H9BrFNO. The number of rotatable bonds is 2. The molecule has 1 aromatic carbocycles. The summed E-state index contributed by atoms with van der Waals surface area (Å²) in [4.78, 5) is 11.2. The van der Waals surface area contributed by atoms with Gasteiger partial charge in [-0.1, -0.05) is 22.0 Å². The smallest absolute Gasteiger partial charge is 0.178 e. The highest BCUT2D eigenvalue weighted by molar-refractivity contribution is 9.09. The summed E-state index contributed by atoms with van der Waals surface area (Å²) in [6, 6.07) is 3.09. The maximum atomic E-state index is 13.4. The third kappa shape index (κ3) is 1.88. The van der Waals surface area contributed by atoms with Crippen molar-refractivity contribution in [2.45, 2.75) is 6.92 Å². The van der Waals surface area contributed by atoms with Gasteiger partial charge in [0.1, 0.15) is 5.82 Å². The molecule has 0 bridgehead atoms. The molecule has 0 aliphatic carbocycles. The number of benzene rings is 1. The van der Waals surface area contributed by atoms with Crippen molar-refractivity contribution < 1.29 is 9.18 Å². The third-order valence-corrected chi connectivity index (χ3v) is 2.28. The minimum absolute atomic E-state index is 0.0168. The van der Waals surface area contributed by atoms with E-state index < -0.39 is 5.82 Å². The Labute approximate surface area is 84.1 Å². The molecule has 0 aromatic heterocycles. The highest BCUT2D eigenvalue weighted by atomic mass is 79.9. The van der Waals surface area contributed by atoms with Gasteiger partial charge in [0.2, 0.25) is 0 Å². The van der Waals surface area contributed by atoms with Crippen molar-refractivity contribution >= 4 is 27.4 Å². The summed E-state index contributed by atoms with van der Waals surface area (Å²) in [6.07, 6.45) is 0. The topological polar surface area (TPSA) is 43.1 Å². The standard InChI is InChI=1S/C9H9BrFNO/c1-5-2-3-6(12)8(9(5)11)7(13)4-10/h2-3H,4,12H2,1H3.